The van der Waals surface area contributed by atoms with E-state index in [1.54, 1.807) is 0 Å². The van der Waals surface area contributed by atoms with Crippen molar-refractivity contribution in [1.29, 1.82) is 0 Å². The Bertz CT molecular complexity index is 397. The van der Waals surface area contributed by atoms with Gasteiger partial charge in [-0.1, -0.05) is 41.9 Å². The zero-order chi connectivity index (χ0) is 13.7. The summed E-state index contributed by atoms with van der Waals surface area (Å²) >= 11 is 3.56. The predicted octanol–water partition coefficient (Wildman–Crippen LogP) is 3.32. The largest absolute Gasteiger partial charge is 0.316 e. The van der Waals surface area contributed by atoms with Crippen LogP contribution in [0.2, 0.25) is 0 Å². The van der Waals surface area contributed by atoms with Crippen LogP contribution < -0.4 is 10.6 Å². The summed E-state index contributed by atoms with van der Waals surface area (Å²) < 4.78 is 1.16. The molecule has 0 spiro atoms. The Morgan fingerprint density at radius 2 is 2.26 bits per heavy atom. The summed E-state index contributed by atoms with van der Waals surface area (Å²) in [5.41, 5.74) is 1.56. The third kappa shape index (κ3) is 4.59. The van der Waals surface area contributed by atoms with Crippen molar-refractivity contribution >= 4 is 15.9 Å². The molecule has 0 bridgehead atoms. The van der Waals surface area contributed by atoms with Gasteiger partial charge in [-0.2, -0.15) is 0 Å². The monoisotopic (exact) mass is 324 g/mol. The first-order valence-corrected chi connectivity index (χ1v) is 8.05. The maximum absolute atomic E-state index is 3.66. The van der Waals surface area contributed by atoms with Gasteiger partial charge >= 0.3 is 0 Å². The van der Waals surface area contributed by atoms with E-state index in [0.29, 0.717) is 0 Å². The summed E-state index contributed by atoms with van der Waals surface area (Å²) in [4.78, 5) is 0. The Kier molecular flexibility index (Phi) is 5.43. The third-order valence-electron chi connectivity index (χ3n) is 4.00. The quantitative estimate of drug-likeness (QED) is 0.868. The van der Waals surface area contributed by atoms with Crippen LogP contribution in [0.15, 0.2) is 28.7 Å². The number of nitrogens with one attached hydrogen (secondary N) is 2. The fourth-order valence-corrected chi connectivity index (χ4v) is 3.10. The molecule has 1 unspecified atom stereocenters. The molecule has 1 saturated heterocycles. The Morgan fingerprint density at radius 1 is 1.42 bits per heavy atom. The zero-order valence-corrected chi connectivity index (χ0v) is 13.6. The average Bonchev–Trinajstić information content (AvgIpc) is 2.40. The number of piperidine rings is 1. The van der Waals surface area contributed by atoms with Gasteiger partial charge in [-0.15, -0.1) is 0 Å². The fraction of sp³-hybridized carbons (Fsp3) is 0.625. The predicted molar refractivity (Wildman–Crippen MR) is 85.6 cm³/mol. The van der Waals surface area contributed by atoms with Crippen LogP contribution in [0, 0.1) is 5.92 Å². The second kappa shape index (κ2) is 6.87. The highest BCUT2D eigenvalue weighted by Gasteiger charge is 2.21. The van der Waals surface area contributed by atoms with Crippen molar-refractivity contribution in [2.45, 2.75) is 32.1 Å². The van der Waals surface area contributed by atoms with Crippen LogP contribution >= 0.6 is 15.9 Å². The number of halogens is 1. The number of hydrogen-bond acceptors (Lipinski definition) is 2. The highest BCUT2D eigenvalue weighted by atomic mass is 79.9. The van der Waals surface area contributed by atoms with Gasteiger partial charge in [0.25, 0.3) is 0 Å². The van der Waals surface area contributed by atoms with Gasteiger partial charge in [-0.05, 0) is 56.1 Å². The summed E-state index contributed by atoms with van der Waals surface area (Å²) in [7, 11) is 0. The summed E-state index contributed by atoms with van der Waals surface area (Å²) in [6.07, 6.45) is 2.68. The average molecular weight is 325 g/mol. The van der Waals surface area contributed by atoms with Crippen LogP contribution in [-0.4, -0.2) is 26.2 Å². The van der Waals surface area contributed by atoms with Crippen LogP contribution in [0.5, 0.6) is 0 Å². The first-order chi connectivity index (χ1) is 9.08. The summed E-state index contributed by atoms with van der Waals surface area (Å²) in [6, 6.07) is 8.64. The molecule has 3 heteroatoms. The topological polar surface area (TPSA) is 24.1 Å². The minimum atomic E-state index is 0.172. The second-order valence-corrected chi connectivity index (χ2v) is 7.15. The van der Waals surface area contributed by atoms with Crippen LogP contribution in [0.4, 0.5) is 0 Å². The van der Waals surface area contributed by atoms with E-state index in [-0.39, 0.29) is 5.41 Å². The molecule has 1 aliphatic heterocycles. The molecule has 0 radical (unpaired) electrons. The van der Waals surface area contributed by atoms with Crippen molar-refractivity contribution in [2.24, 2.45) is 5.92 Å². The van der Waals surface area contributed by atoms with E-state index in [9.17, 15) is 0 Å². The van der Waals surface area contributed by atoms with Gasteiger partial charge in [0, 0.05) is 16.4 Å². The molecule has 106 valence electrons. The van der Waals surface area contributed by atoms with Gasteiger partial charge in [0.2, 0.25) is 0 Å². The van der Waals surface area contributed by atoms with Crippen molar-refractivity contribution in [1.82, 2.24) is 10.6 Å². The standard InChI is InChI=1S/C16H25BrN2/c1-16(2,14-6-3-7-15(17)9-14)12-19-11-13-5-4-8-18-10-13/h3,6-7,9,13,18-19H,4-5,8,10-12H2,1-2H3. The van der Waals surface area contributed by atoms with Crippen LogP contribution in [0.25, 0.3) is 0 Å². The summed E-state index contributed by atoms with van der Waals surface area (Å²) in [6.45, 7) is 9.14. The van der Waals surface area contributed by atoms with Gasteiger partial charge in [0.1, 0.15) is 0 Å². The summed E-state index contributed by atoms with van der Waals surface area (Å²) in [5.74, 6) is 0.798. The van der Waals surface area contributed by atoms with Crippen molar-refractivity contribution in [2.75, 3.05) is 26.2 Å². The number of rotatable bonds is 5. The molecule has 0 aromatic heterocycles. The lowest BCUT2D eigenvalue weighted by atomic mass is 9.84. The van der Waals surface area contributed by atoms with Gasteiger partial charge in [0.15, 0.2) is 0 Å². The smallest absolute Gasteiger partial charge is 0.0178 e. The van der Waals surface area contributed by atoms with E-state index in [1.165, 1.54) is 31.5 Å². The molecule has 0 aliphatic carbocycles. The first-order valence-electron chi connectivity index (χ1n) is 7.25. The maximum atomic E-state index is 3.66. The van der Waals surface area contributed by atoms with Gasteiger partial charge in [-0.3, -0.25) is 0 Å². The highest BCUT2D eigenvalue weighted by Crippen LogP contribution is 2.25. The SMILES string of the molecule is CC(C)(CNCC1CCCNC1)c1cccc(Br)c1. The lowest BCUT2D eigenvalue weighted by Gasteiger charge is -2.28. The van der Waals surface area contributed by atoms with E-state index < -0.39 is 0 Å². The van der Waals surface area contributed by atoms with Crippen molar-refractivity contribution in [3.05, 3.63) is 34.3 Å². The Labute approximate surface area is 125 Å². The lowest BCUT2D eigenvalue weighted by molar-refractivity contribution is 0.345. The van der Waals surface area contributed by atoms with E-state index in [4.69, 9.17) is 0 Å². The molecule has 1 aliphatic rings. The van der Waals surface area contributed by atoms with Gasteiger partial charge < -0.3 is 10.6 Å². The lowest BCUT2D eigenvalue weighted by Crippen LogP contribution is -2.40. The normalized spacial score (nSPS) is 20.5. The molecule has 1 aromatic carbocycles. The van der Waals surface area contributed by atoms with Gasteiger partial charge in [-0.25, -0.2) is 0 Å². The molecule has 1 heterocycles. The minimum Gasteiger partial charge on any atom is -0.316 e. The van der Waals surface area contributed by atoms with Crippen LogP contribution in [0.3, 0.4) is 0 Å². The van der Waals surface area contributed by atoms with E-state index >= 15 is 0 Å². The molecule has 1 fully saturated rings. The summed E-state index contributed by atoms with van der Waals surface area (Å²) in [5, 5.41) is 7.13. The molecule has 0 saturated carbocycles. The molecule has 2 nitrogen and oxygen atoms in total. The van der Waals surface area contributed by atoms with E-state index in [0.717, 1.165) is 23.5 Å². The Hall–Kier alpha value is -0.380. The molecule has 19 heavy (non-hydrogen) atoms. The maximum Gasteiger partial charge on any atom is 0.0178 e. The fourth-order valence-electron chi connectivity index (χ4n) is 2.70. The second-order valence-electron chi connectivity index (χ2n) is 6.24. The zero-order valence-electron chi connectivity index (χ0n) is 12.0. The van der Waals surface area contributed by atoms with Crippen molar-refractivity contribution in [3.8, 4) is 0 Å². The minimum absolute atomic E-state index is 0.172. The molecule has 2 rings (SSSR count). The Morgan fingerprint density at radius 3 is 2.95 bits per heavy atom. The highest BCUT2D eigenvalue weighted by molar-refractivity contribution is 9.10. The molecule has 0 amide bonds. The van der Waals surface area contributed by atoms with Crippen LogP contribution in [0.1, 0.15) is 32.3 Å². The van der Waals surface area contributed by atoms with E-state index in [1.807, 2.05) is 0 Å². The van der Waals surface area contributed by atoms with Crippen molar-refractivity contribution in [3.63, 3.8) is 0 Å². The number of hydrogen-bond donors (Lipinski definition) is 2. The third-order valence-corrected chi connectivity index (χ3v) is 4.50. The van der Waals surface area contributed by atoms with Crippen LogP contribution in [-0.2, 0) is 5.41 Å². The molecule has 1 atom stereocenters. The molecular weight excluding hydrogens is 300 g/mol. The molecule has 2 N–H and O–H groups in total. The van der Waals surface area contributed by atoms with E-state index in [2.05, 4.69) is 64.7 Å². The Balaban J connectivity index is 1.83. The van der Waals surface area contributed by atoms with Gasteiger partial charge in [0.05, 0.1) is 0 Å². The number of benzene rings is 1. The molecular formula is C16H25BrN2. The first kappa shape index (κ1) is 15.0. The van der Waals surface area contributed by atoms with Crippen molar-refractivity contribution < 1.29 is 0 Å². The molecule has 1 aromatic rings.